The van der Waals surface area contributed by atoms with Crippen LogP contribution in [0.4, 0.5) is 5.82 Å². The molecule has 0 bridgehead atoms. The number of aryl methyl sites for hydroxylation is 2. The summed E-state index contributed by atoms with van der Waals surface area (Å²) in [4.78, 5) is 8.80. The van der Waals surface area contributed by atoms with E-state index in [1.165, 1.54) is 0 Å². The first-order valence-electron chi connectivity index (χ1n) is 6.13. The molecule has 0 fully saturated rings. The molecular formula is C12H17ClN6. The van der Waals surface area contributed by atoms with E-state index in [1.54, 1.807) is 10.7 Å². The molecule has 19 heavy (non-hydrogen) atoms. The van der Waals surface area contributed by atoms with E-state index < -0.39 is 0 Å². The number of rotatable bonds is 4. The smallest absolute Gasteiger partial charge is 0.159 e. The number of nitrogens with two attached hydrogens (primary N) is 1. The van der Waals surface area contributed by atoms with Crippen LogP contribution in [-0.4, -0.2) is 19.7 Å². The van der Waals surface area contributed by atoms with Crippen LogP contribution < -0.4 is 11.3 Å². The minimum absolute atomic E-state index is 0.567. The van der Waals surface area contributed by atoms with Crippen molar-refractivity contribution in [2.24, 2.45) is 5.84 Å². The highest BCUT2D eigenvalue weighted by atomic mass is 35.5. The number of hydrogen-bond acceptors (Lipinski definition) is 5. The van der Waals surface area contributed by atoms with E-state index in [9.17, 15) is 0 Å². The Morgan fingerprint density at radius 1 is 1.37 bits per heavy atom. The number of aromatic nitrogens is 4. The molecule has 3 N–H and O–H groups in total. The summed E-state index contributed by atoms with van der Waals surface area (Å²) in [5, 5.41) is 5.03. The van der Waals surface area contributed by atoms with Gasteiger partial charge in [0.25, 0.3) is 0 Å². The number of hydrogen-bond donors (Lipinski definition) is 2. The minimum Gasteiger partial charge on any atom is -0.308 e. The van der Waals surface area contributed by atoms with Gasteiger partial charge >= 0.3 is 0 Å². The van der Waals surface area contributed by atoms with Gasteiger partial charge in [-0.3, -0.25) is 0 Å². The van der Waals surface area contributed by atoms with E-state index in [4.69, 9.17) is 17.4 Å². The van der Waals surface area contributed by atoms with Crippen LogP contribution >= 0.6 is 11.6 Å². The van der Waals surface area contributed by atoms with Crippen LogP contribution in [0.25, 0.3) is 5.82 Å². The highest BCUT2D eigenvalue weighted by molar-refractivity contribution is 6.31. The van der Waals surface area contributed by atoms with Crippen LogP contribution in [-0.2, 0) is 6.42 Å². The monoisotopic (exact) mass is 280 g/mol. The quantitative estimate of drug-likeness (QED) is 0.663. The van der Waals surface area contributed by atoms with E-state index in [0.717, 1.165) is 30.1 Å². The molecule has 0 spiro atoms. The standard InChI is InChI=1S/C12H17ClN6/c1-4-5-9-15-10(17-14)6-11(16-9)19-8(3)12(13)7(2)18-19/h6H,4-5,14H2,1-3H3,(H,15,16,17). The summed E-state index contributed by atoms with van der Waals surface area (Å²) in [5.41, 5.74) is 4.18. The number of nitrogen functional groups attached to an aromatic ring is 1. The van der Waals surface area contributed by atoms with Crippen LogP contribution in [0.3, 0.4) is 0 Å². The average Bonchev–Trinajstić information content (AvgIpc) is 2.66. The molecule has 2 heterocycles. The third-order valence-corrected chi connectivity index (χ3v) is 3.35. The molecule has 0 aliphatic rings. The summed E-state index contributed by atoms with van der Waals surface area (Å²) in [5.74, 6) is 7.40. The van der Waals surface area contributed by atoms with Gasteiger partial charge in [0, 0.05) is 12.5 Å². The maximum Gasteiger partial charge on any atom is 0.159 e. The third kappa shape index (κ3) is 2.69. The zero-order chi connectivity index (χ0) is 14.0. The van der Waals surface area contributed by atoms with Gasteiger partial charge in [-0.05, 0) is 20.3 Å². The van der Waals surface area contributed by atoms with Gasteiger partial charge in [0.05, 0.1) is 16.4 Å². The number of hydrazine groups is 1. The molecule has 0 aliphatic carbocycles. The highest BCUT2D eigenvalue weighted by Gasteiger charge is 2.13. The van der Waals surface area contributed by atoms with Crippen molar-refractivity contribution in [3.05, 3.63) is 28.3 Å². The zero-order valence-electron chi connectivity index (χ0n) is 11.2. The first kappa shape index (κ1) is 13.8. The minimum atomic E-state index is 0.567. The van der Waals surface area contributed by atoms with E-state index >= 15 is 0 Å². The number of halogens is 1. The fourth-order valence-corrected chi connectivity index (χ4v) is 1.97. The van der Waals surface area contributed by atoms with E-state index in [0.29, 0.717) is 16.7 Å². The maximum absolute atomic E-state index is 6.16. The van der Waals surface area contributed by atoms with Crippen molar-refractivity contribution in [2.75, 3.05) is 5.43 Å². The second kappa shape index (κ2) is 5.54. The van der Waals surface area contributed by atoms with Crippen molar-refractivity contribution in [2.45, 2.75) is 33.6 Å². The van der Waals surface area contributed by atoms with Gasteiger partial charge in [-0.1, -0.05) is 18.5 Å². The predicted octanol–water partition coefficient (Wildman–Crippen LogP) is 2.17. The van der Waals surface area contributed by atoms with Gasteiger partial charge in [0.15, 0.2) is 5.82 Å². The van der Waals surface area contributed by atoms with Crippen LogP contribution in [0.2, 0.25) is 5.02 Å². The van der Waals surface area contributed by atoms with Gasteiger partial charge in [-0.25, -0.2) is 20.5 Å². The van der Waals surface area contributed by atoms with Gasteiger partial charge in [0.2, 0.25) is 0 Å². The fourth-order valence-electron chi connectivity index (χ4n) is 1.85. The van der Waals surface area contributed by atoms with E-state index in [2.05, 4.69) is 27.4 Å². The molecule has 0 saturated heterocycles. The second-order valence-electron chi connectivity index (χ2n) is 4.32. The molecule has 7 heteroatoms. The van der Waals surface area contributed by atoms with Crippen molar-refractivity contribution in [1.82, 2.24) is 19.7 Å². The molecule has 2 aromatic rings. The van der Waals surface area contributed by atoms with Crippen LogP contribution in [0.5, 0.6) is 0 Å². The predicted molar refractivity (Wildman–Crippen MR) is 75.4 cm³/mol. The second-order valence-corrected chi connectivity index (χ2v) is 4.70. The number of anilines is 1. The normalized spacial score (nSPS) is 10.8. The molecule has 0 saturated carbocycles. The average molecular weight is 281 g/mol. The Hall–Kier alpha value is -1.66. The SMILES string of the molecule is CCCc1nc(NN)cc(-n2nc(C)c(Cl)c2C)n1. The molecule has 2 aromatic heterocycles. The highest BCUT2D eigenvalue weighted by Crippen LogP contribution is 2.22. The summed E-state index contributed by atoms with van der Waals surface area (Å²) < 4.78 is 1.71. The van der Waals surface area contributed by atoms with Crippen LogP contribution in [0, 0.1) is 13.8 Å². The molecule has 0 radical (unpaired) electrons. The van der Waals surface area contributed by atoms with Crippen molar-refractivity contribution in [3.8, 4) is 5.82 Å². The lowest BCUT2D eigenvalue weighted by atomic mass is 10.3. The van der Waals surface area contributed by atoms with Crippen LogP contribution in [0.1, 0.15) is 30.6 Å². The number of nitrogens with zero attached hydrogens (tertiary/aromatic N) is 4. The molecule has 0 atom stereocenters. The molecule has 0 amide bonds. The van der Waals surface area contributed by atoms with E-state index in [1.807, 2.05) is 13.8 Å². The summed E-state index contributed by atoms with van der Waals surface area (Å²) in [6.45, 7) is 5.84. The number of nitrogens with one attached hydrogen (secondary N) is 1. The van der Waals surface area contributed by atoms with Crippen molar-refractivity contribution >= 4 is 17.4 Å². The Balaban J connectivity index is 2.54. The molecule has 102 valence electrons. The Labute approximate surface area is 117 Å². The van der Waals surface area contributed by atoms with Crippen molar-refractivity contribution in [1.29, 1.82) is 0 Å². The fraction of sp³-hybridized carbons (Fsp3) is 0.417. The molecule has 0 unspecified atom stereocenters. The summed E-state index contributed by atoms with van der Waals surface area (Å²) in [6.07, 6.45) is 1.75. The lowest BCUT2D eigenvalue weighted by molar-refractivity contribution is 0.766. The Morgan fingerprint density at radius 2 is 2.11 bits per heavy atom. The first-order valence-corrected chi connectivity index (χ1v) is 6.51. The topological polar surface area (TPSA) is 81.6 Å². The summed E-state index contributed by atoms with van der Waals surface area (Å²) in [6, 6.07) is 1.74. The van der Waals surface area contributed by atoms with Gasteiger partial charge in [-0.2, -0.15) is 5.10 Å². The summed E-state index contributed by atoms with van der Waals surface area (Å²) in [7, 11) is 0. The molecule has 0 aromatic carbocycles. The Morgan fingerprint density at radius 3 is 2.63 bits per heavy atom. The first-order chi connectivity index (χ1) is 9.06. The lowest BCUT2D eigenvalue weighted by Gasteiger charge is -2.08. The molecular weight excluding hydrogens is 264 g/mol. The van der Waals surface area contributed by atoms with Gasteiger partial charge < -0.3 is 5.43 Å². The largest absolute Gasteiger partial charge is 0.308 e. The molecule has 0 aliphatic heterocycles. The Bertz CT molecular complexity index is 592. The van der Waals surface area contributed by atoms with Crippen LogP contribution in [0.15, 0.2) is 6.07 Å². The van der Waals surface area contributed by atoms with Gasteiger partial charge in [0.1, 0.15) is 11.6 Å². The zero-order valence-corrected chi connectivity index (χ0v) is 12.0. The lowest BCUT2D eigenvalue weighted by Crippen LogP contribution is -2.13. The molecule has 2 rings (SSSR count). The maximum atomic E-state index is 6.16. The van der Waals surface area contributed by atoms with E-state index in [-0.39, 0.29) is 0 Å². The van der Waals surface area contributed by atoms with Crippen molar-refractivity contribution < 1.29 is 0 Å². The Kier molecular flexibility index (Phi) is 4.01. The summed E-state index contributed by atoms with van der Waals surface area (Å²) >= 11 is 6.16. The third-order valence-electron chi connectivity index (χ3n) is 2.80. The molecule has 6 nitrogen and oxygen atoms in total. The van der Waals surface area contributed by atoms with Gasteiger partial charge in [-0.15, -0.1) is 0 Å². The van der Waals surface area contributed by atoms with Crippen molar-refractivity contribution in [3.63, 3.8) is 0 Å².